The van der Waals surface area contributed by atoms with E-state index in [2.05, 4.69) is 13.8 Å². The van der Waals surface area contributed by atoms with Crippen LogP contribution in [-0.2, 0) is 0 Å². The minimum Gasteiger partial charge on any atom is -0.0654 e. The number of unbranched alkanes of at least 4 members (excludes halogenated alkanes) is 1. The van der Waals surface area contributed by atoms with Gasteiger partial charge in [0.05, 0.1) is 0 Å². The van der Waals surface area contributed by atoms with E-state index in [0.717, 1.165) is 6.42 Å². The van der Waals surface area contributed by atoms with Crippen molar-refractivity contribution < 1.29 is 0 Å². The second kappa shape index (κ2) is 16.3. The van der Waals surface area contributed by atoms with Crippen LogP contribution in [0.3, 0.4) is 0 Å². The number of hydrogen-bond acceptors (Lipinski definition) is 0. The van der Waals surface area contributed by atoms with Crippen LogP contribution in [0.25, 0.3) is 0 Å². The van der Waals surface area contributed by atoms with E-state index in [-0.39, 0.29) is 40.4 Å². The van der Waals surface area contributed by atoms with Gasteiger partial charge in [0, 0.05) is 0 Å². The SMILES string of the molecule is [AlH3].[CH2]CCC.[MgH2]. The van der Waals surface area contributed by atoms with E-state index in [1.165, 1.54) is 6.42 Å². The lowest BCUT2D eigenvalue weighted by atomic mass is 10.4. The molecule has 0 aliphatic rings. The molecule has 0 N–H and O–H groups in total. The second-order valence-electron chi connectivity index (χ2n) is 0.854. The van der Waals surface area contributed by atoms with Crippen LogP contribution in [0, 0.1) is 6.92 Å². The molecule has 0 fully saturated rings. The fourth-order valence-electron chi connectivity index (χ4n) is 0. The first-order chi connectivity index (χ1) is 1.91. The molecule has 0 aromatic rings. The topological polar surface area (TPSA) is 0 Å². The van der Waals surface area contributed by atoms with Gasteiger partial charge in [-0.1, -0.05) is 26.7 Å². The molecule has 0 aromatic heterocycles. The van der Waals surface area contributed by atoms with Crippen molar-refractivity contribution in [2.75, 3.05) is 0 Å². The second-order valence-corrected chi connectivity index (χ2v) is 0.854. The summed E-state index contributed by atoms with van der Waals surface area (Å²) < 4.78 is 0. The molecule has 0 nitrogen and oxygen atoms in total. The number of rotatable bonds is 1. The molecular weight excluding hydrogens is 99.3 g/mol. The monoisotopic (exact) mass is 113 g/mol. The van der Waals surface area contributed by atoms with Gasteiger partial charge in [0.2, 0.25) is 0 Å². The predicted octanol–water partition coefficient (Wildman–Crippen LogP) is -0.480. The van der Waals surface area contributed by atoms with Gasteiger partial charge in [0.1, 0.15) is 0 Å². The first kappa shape index (κ1) is 15.7. The largest absolute Gasteiger partial charge is 0.316 e. The standard InChI is InChI=1S/C4H9.Al.Mg.5H/c1-3-4-2;;;;;;;/h1,3-4H2,2H3;;;;;;;. The van der Waals surface area contributed by atoms with Crippen molar-refractivity contribution in [1.29, 1.82) is 0 Å². The summed E-state index contributed by atoms with van der Waals surface area (Å²) in [5, 5.41) is 0. The third-order valence-electron chi connectivity index (χ3n) is 0.354. The van der Waals surface area contributed by atoms with E-state index >= 15 is 0 Å². The molecule has 0 heterocycles. The quantitative estimate of drug-likeness (QED) is 0.403. The molecule has 0 saturated heterocycles. The summed E-state index contributed by atoms with van der Waals surface area (Å²) in [5.74, 6) is 0. The molecule has 0 saturated carbocycles. The van der Waals surface area contributed by atoms with Crippen LogP contribution in [0.15, 0.2) is 0 Å². The van der Waals surface area contributed by atoms with Crippen LogP contribution in [0.4, 0.5) is 0 Å². The summed E-state index contributed by atoms with van der Waals surface area (Å²) in [7, 11) is 0. The van der Waals surface area contributed by atoms with Crippen LogP contribution < -0.4 is 0 Å². The van der Waals surface area contributed by atoms with Crippen molar-refractivity contribution in [2.45, 2.75) is 19.8 Å². The summed E-state index contributed by atoms with van der Waals surface area (Å²) in [4.78, 5) is 0. The van der Waals surface area contributed by atoms with Crippen molar-refractivity contribution in [1.82, 2.24) is 0 Å². The summed E-state index contributed by atoms with van der Waals surface area (Å²) in [5.41, 5.74) is 0. The third-order valence-corrected chi connectivity index (χ3v) is 0.354. The molecule has 0 atom stereocenters. The van der Waals surface area contributed by atoms with Gasteiger partial charge in [0.15, 0.2) is 17.4 Å². The van der Waals surface area contributed by atoms with E-state index in [1.54, 1.807) is 0 Å². The highest BCUT2D eigenvalue weighted by atomic mass is 27.0. The Balaban J connectivity index is -0.0000000450. The zero-order chi connectivity index (χ0) is 3.41. The van der Waals surface area contributed by atoms with Crippen molar-refractivity contribution in [3.8, 4) is 0 Å². The van der Waals surface area contributed by atoms with E-state index in [9.17, 15) is 0 Å². The lowest BCUT2D eigenvalue weighted by Gasteiger charge is -1.67. The van der Waals surface area contributed by atoms with E-state index < -0.39 is 0 Å². The Labute approximate surface area is 67.0 Å². The molecular formula is C4H14AlMg. The van der Waals surface area contributed by atoms with Gasteiger partial charge in [-0.05, 0) is 0 Å². The molecule has 2 heteroatoms. The van der Waals surface area contributed by atoms with Gasteiger partial charge < -0.3 is 0 Å². The van der Waals surface area contributed by atoms with Gasteiger partial charge in [-0.25, -0.2) is 0 Å². The highest BCUT2D eigenvalue weighted by Crippen LogP contribution is 1.75. The normalized spacial score (nSPS) is 5.00. The molecule has 35 valence electrons. The maximum atomic E-state index is 3.60. The molecule has 0 rings (SSSR count). The Kier molecular flexibility index (Phi) is 42.4. The molecule has 6 heavy (non-hydrogen) atoms. The van der Waals surface area contributed by atoms with Crippen LogP contribution in [-0.4, -0.2) is 40.4 Å². The van der Waals surface area contributed by atoms with Crippen LogP contribution in [0.2, 0.25) is 0 Å². The highest BCUT2D eigenvalue weighted by Gasteiger charge is 1.56. The summed E-state index contributed by atoms with van der Waals surface area (Å²) in [6.07, 6.45) is 2.28. The lowest BCUT2D eigenvalue weighted by Crippen LogP contribution is -1.48. The minimum atomic E-state index is 0. The molecule has 0 unspecified atom stereocenters. The summed E-state index contributed by atoms with van der Waals surface area (Å²) in [6, 6.07) is 0. The van der Waals surface area contributed by atoms with Crippen LogP contribution in [0.5, 0.6) is 0 Å². The van der Waals surface area contributed by atoms with Crippen molar-refractivity contribution in [3.05, 3.63) is 6.92 Å². The zero-order valence-electron chi connectivity index (χ0n) is 3.12. The van der Waals surface area contributed by atoms with Gasteiger partial charge in [-0.3, -0.25) is 0 Å². The molecule has 0 amide bonds. The van der Waals surface area contributed by atoms with Crippen molar-refractivity contribution in [2.24, 2.45) is 0 Å². The molecule has 0 spiro atoms. The molecule has 1 radical (unpaired) electrons. The van der Waals surface area contributed by atoms with Gasteiger partial charge in [0.25, 0.3) is 0 Å². The first-order valence-electron chi connectivity index (χ1n) is 1.71. The average molecular weight is 113 g/mol. The average Bonchev–Trinajstić information content (AvgIpc) is 1.37. The molecule has 0 aliphatic carbocycles. The first-order valence-corrected chi connectivity index (χ1v) is 1.71. The summed E-state index contributed by atoms with van der Waals surface area (Å²) >= 11 is 0. The fraction of sp³-hybridized carbons (Fsp3) is 0.750. The highest BCUT2D eigenvalue weighted by molar-refractivity contribution is 5.76. The fourth-order valence-corrected chi connectivity index (χ4v) is 0. The van der Waals surface area contributed by atoms with Crippen LogP contribution in [0.1, 0.15) is 19.8 Å². The number of hydrogen-bond donors (Lipinski definition) is 0. The Hall–Kier alpha value is 1.30. The Morgan fingerprint density at radius 1 is 1.50 bits per heavy atom. The predicted molar refractivity (Wildman–Crippen MR) is 38.7 cm³/mol. The third kappa shape index (κ3) is 18.5. The van der Waals surface area contributed by atoms with E-state index in [0.29, 0.717) is 0 Å². The lowest BCUT2D eigenvalue weighted by molar-refractivity contribution is 0.956. The maximum absolute atomic E-state index is 3.60. The van der Waals surface area contributed by atoms with Crippen molar-refractivity contribution in [3.63, 3.8) is 0 Å². The van der Waals surface area contributed by atoms with Gasteiger partial charge >= 0.3 is 23.1 Å². The summed E-state index contributed by atoms with van der Waals surface area (Å²) in [6.45, 7) is 5.72. The Bertz CT molecular complexity index is 9.51. The van der Waals surface area contributed by atoms with E-state index in [1.807, 2.05) is 0 Å². The van der Waals surface area contributed by atoms with E-state index in [4.69, 9.17) is 0 Å². The maximum Gasteiger partial charge on any atom is 0.316 e. The molecule has 0 bridgehead atoms. The Morgan fingerprint density at radius 2 is 1.67 bits per heavy atom. The minimum absolute atomic E-state index is 0. The van der Waals surface area contributed by atoms with Gasteiger partial charge in [-0.2, -0.15) is 0 Å². The molecule has 0 aromatic carbocycles. The van der Waals surface area contributed by atoms with Crippen LogP contribution >= 0.6 is 0 Å². The smallest absolute Gasteiger partial charge is 0.0654 e. The van der Waals surface area contributed by atoms with Crippen molar-refractivity contribution >= 4 is 40.4 Å². The Morgan fingerprint density at radius 3 is 1.67 bits per heavy atom. The molecule has 0 aliphatic heterocycles. The zero-order valence-corrected chi connectivity index (χ0v) is 3.12. The van der Waals surface area contributed by atoms with Gasteiger partial charge in [-0.15, -0.1) is 0 Å².